The van der Waals surface area contributed by atoms with Gasteiger partial charge < -0.3 is 9.88 Å². The van der Waals surface area contributed by atoms with Crippen LogP contribution in [-0.4, -0.2) is 25.7 Å². The van der Waals surface area contributed by atoms with Crippen molar-refractivity contribution in [2.45, 2.75) is 32.1 Å². The van der Waals surface area contributed by atoms with E-state index in [0.29, 0.717) is 17.0 Å². The standard InChI is InChI=1S/C24H20F3N5O/c1-13-8-15(4-6-18(13)16-10-30-31(11-16)24(25,26)27)22-21(14-2-3-14)23(33)32(22)17-5-7-19-20(9-17)29-12-28-19/h4-12,14,21-22H,2-3H2,1H3,(H,28,29)/t21?,22-/m1/s1. The van der Waals surface area contributed by atoms with Crippen LogP contribution in [-0.2, 0) is 11.1 Å². The molecule has 1 saturated heterocycles. The van der Waals surface area contributed by atoms with Crippen LogP contribution in [0.3, 0.4) is 0 Å². The number of β-lactam (4-membered cyclic amide) rings is 1. The third-order valence-electron chi connectivity index (χ3n) is 6.70. The third-order valence-corrected chi connectivity index (χ3v) is 6.70. The molecule has 1 aliphatic carbocycles. The van der Waals surface area contributed by atoms with Gasteiger partial charge in [0.2, 0.25) is 5.91 Å². The Morgan fingerprint density at radius 3 is 2.64 bits per heavy atom. The maximum atomic E-state index is 13.2. The average Bonchev–Trinajstić information content (AvgIpc) is 3.25. The Balaban J connectivity index is 1.36. The van der Waals surface area contributed by atoms with Gasteiger partial charge in [-0.3, -0.25) is 4.79 Å². The summed E-state index contributed by atoms with van der Waals surface area (Å²) in [5, 5.41) is 3.45. The lowest BCUT2D eigenvalue weighted by atomic mass is 9.78. The number of nitrogens with one attached hydrogen (secondary N) is 1. The van der Waals surface area contributed by atoms with Crippen LogP contribution in [0.15, 0.2) is 55.1 Å². The number of H-pyrrole nitrogens is 1. The first-order chi connectivity index (χ1) is 15.8. The van der Waals surface area contributed by atoms with Crippen molar-refractivity contribution < 1.29 is 18.0 Å². The molecule has 1 unspecified atom stereocenters. The third kappa shape index (κ3) is 3.21. The van der Waals surface area contributed by atoms with Gasteiger partial charge in [0.1, 0.15) is 0 Å². The number of alkyl halides is 3. The van der Waals surface area contributed by atoms with Crippen molar-refractivity contribution >= 4 is 22.6 Å². The zero-order valence-electron chi connectivity index (χ0n) is 17.7. The summed E-state index contributed by atoms with van der Waals surface area (Å²) in [6.45, 7) is 1.87. The number of amides is 1. The minimum absolute atomic E-state index is 0.0107. The van der Waals surface area contributed by atoms with E-state index in [1.54, 1.807) is 6.33 Å². The van der Waals surface area contributed by atoms with E-state index in [2.05, 4.69) is 15.1 Å². The molecule has 9 heteroatoms. The van der Waals surface area contributed by atoms with E-state index in [-0.39, 0.29) is 22.5 Å². The number of halogens is 3. The molecule has 1 N–H and O–H groups in total. The van der Waals surface area contributed by atoms with E-state index in [9.17, 15) is 18.0 Å². The van der Waals surface area contributed by atoms with Crippen molar-refractivity contribution in [3.05, 3.63) is 66.2 Å². The summed E-state index contributed by atoms with van der Waals surface area (Å²) in [5.74, 6) is 0.440. The number of hydrogen-bond donors (Lipinski definition) is 1. The normalized spacial score (nSPS) is 21.0. The number of carbonyl (C=O) groups is 1. The highest BCUT2D eigenvalue weighted by molar-refractivity contribution is 6.04. The summed E-state index contributed by atoms with van der Waals surface area (Å²) in [6, 6.07) is 11.4. The number of rotatable bonds is 4. The second-order valence-corrected chi connectivity index (χ2v) is 8.84. The number of carbonyl (C=O) groups excluding carboxylic acids is 1. The van der Waals surface area contributed by atoms with Crippen molar-refractivity contribution in [1.29, 1.82) is 0 Å². The van der Waals surface area contributed by atoms with Crippen LogP contribution < -0.4 is 4.90 Å². The van der Waals surface area contributed by atoms with E-state index >= 15 is 0 Å². The molecule has 1 saturated carbocycles. The molecule has 1 aliphatic heterocycles. The van der Waals surface area contributed by atoms with Crippen molar-refractivity contribution in [1.82, 2.24) is 19.7 Å². The van der Waals surface area contributed by atoms with Gasteiger partial charge >= 0.3 is 6.30 Å². The van der Waals surface area contributed by atoms with Crippen LogP contribution in [0.5, 0.6) is 0 Å². The number of aryl methyl sites for hydroxylation is 1. The van der Waals surface area contributed by atoms with Crippen molar-refractivity contribution in [3.63, 3.8) is 0 Å². The average molecular weight is 451 g/mol. The summed E-state index contributed by atoms with van der Waals surface area (Å²) < 4.78 is 38.8. The van der Waals surface area contributed by atoms with Crippen LogP contribution in [0.4, 0.5) is 18.9 Å². The van der Waals surface area contributed by atoms with Crippen LogP contribution in [0.1, 0.15) is 30.0 Å². The van der Waals surface area contributed by atoms with Gasteiger partial charge in [-0.05, 0) is 60.6 Å². The maximum Gasteiger partial charge on any atom is 0.504 e. The zero-order chi connectivity index (χ0) is 22.9. The molecule has 3 heterocycles. The molecule has 2 aromatic heterocycles. The fourth-order valence-corrected chi connectivity index (χ4v) is 4.94. The molecule has 6 rings (SSSR count). The zero-order valence-corrected chi connectivity index (χ0v) is 17.7. The fraction of sp³-hybridized carbons (Fsp3) is 0.292. The highest BCUT2D eigenvalue weighted by atomic mass is 19.4. The fourth-order valence-electron chi connectivity index (χ4n) is 4.94. The molecular formula is C24H20F3N5O. The highest BCUT2D eigenvalue weighted by Crippen LogP contribution is 2.54. The largest absolute Gasteiger partial charge is 0.504 e. The molecule has 168 valence electrons. The molecule has 2 atom stereocenters. The van der Waals surface area contributed by atoms with Gasteiger partial charge in [0.05, 0.1) is 35.5 Å². The maximum absolute atomic E-state index is 13.2. The summed E-state index contributed by atoms with van der Waals surface area (Å²) in [6.07, 6.45) is 1.39. The Morgan fingerprint density at radius 2 is 1.94 bits per heavy atom. The number of hydrogen-bond acceptors (Lipinski definition) is 3. The van der Waals surface area contributed by atoms with E-state index in [1.807, 2.05) is 48.2 Å². The minimum atomic E-state index is -4.55. The lowest BCUT2D eigenvalue weighted by Gasteiger charge is -2.48. The second-order valence-electron chi connectivity index (χ2n) is 8.84. The molecular weight excluding hydrogens is 431 g/mol. The van der Waals surface area contributed by atoms with E-state index in [4.69, 9.17) is 0 Å². The number of nitrogens with zero attached hydrogens (tertiary/aromatic N) is 4. The number of benzene rings is 2. The number of aromatic amines is 1. The number of anilines is 1. The summed E-state index contributed by atoms with van der Waals surface area (Å²) in [7, 11) is 0. The van der Waals surface area contributed by atoms with Crippen molar-refractivity contribution in [2.24, 2.45) is 11.8 Å². The number of aromatic nitrogens is 4. The molecule has 2 aromatic carbocycles. The molecule has 1 amide bonds. The van der Waals surface area contributed by atoms with Crippen LogP contribution >= 0.6 is 0 Å². The molecule has 6 nitrogen and oxygen atoms in total. The predicted octanol–water partition coefficient (Wildman–Crippen LogP) is 5.33. The topological polar surface area (TPSA) is 66.8 Å². The minimum Gasteiger partial charge on any atom is -0.345 e. The van der Waals surface area contributed by atoms with Gasteiger partial charge in [-0.1, -0.05) is 18.2 Å². The Kier molecular flexibility index (Phi) is 4.21. The first kappa shape index (κ1) is 20.0. The molecule has 2 fully saturated rings. The van der Waals surface area contributed by atoms with Gasteiger partial charge in [-0.25, -0.2) is 4.98 Å². The van der Waals surface area contributed by atoms with Gasteiger partial charge in [-0.2, -0.15) is 9.78 Å². The Morgan fingerprint density at radius 1 is 1.12 bits per heavy atom. The van der Waals surface area contributed by atoms with Crippen LogP contribution in [0.2, 0.25) is 0 Å². The molecule has 33 heavy (non-hydrogen) atoms. The van der Waals surface area contributed by atoms with Crippen molar-refractivity contribution in [3.8, 4) is 11.1 Å². The first-order valence-electron chi connectivity index (χ1n) is 10.8. The van der Waals surface area contributed by atoms with Gasteiger partial charge in [-0.15, -0.1) is 13.2 Å². The predicted molar refractivity (Wildman–Crippen MR) is 116 cm³/mol. The molecule has 4 aromatic rings. The Bertz CT molecular complexity index is 1380. The lowest BCUT2D eigenvalue weighted by molar-refractivity contribution is -0.212. The first-order valence-corrected chi connectivity index (χ1v) is 10.8. The molecule has 2 aliphatic rings. The van der Waals surface area contributed by atoms with E-state index in [1.165, 1.54) is 6.20 Å². The SMILES string of the molecule is Cc1cc([C@@H]2C(C3CC3)C(=O)N2c2ccc3nc[nH]c3c2)ccc1-c1cnn(C(F)(F)F)c1. The van der Waals surface area contributed by atoms with Gasteiger partial charge in [0.25, 0.3) is 0 Å². The van der Waals surface area contributed by atoms with Crippen LogP contribution in [0, 0.1) is 18.8 Å². The quantitative estimate of drug-likeness (QED) is 0.427. The number of imidazole rings is 1. The second kappa shape index (κ2) is 6.94. The Hall–Kier alpha value is -3.62. The Labute approximate surface area is 187 Å². The summed E-state index contributed by atoms with van der Waals surface area (Å²) in [5.41, 5.74) is 5.43. The molecule has 0 bridgehead atoms. The smallest absolute Gasteiger partial charge is 0.345 e. The van der Waals surface area contributed by atoms with Gasteiger partial charge in [0.15, 0.2) is 0 Å². The van der Waals surface area contributed by atoms with Crippen molar-refractivity contribution in [2.75, 3.05) is 4.90 Å². The molecule has 0 spiro atoms. The molecule has 0 radical (unpaired) electrons. The highest BCUT2D eigenvalue weighted by Gasteiger charge is 2.55. The monoisotopic (exact) mass is 451 g/mol. The van der Waals surface area contributed by atoms with E-state index in [0.717, 1.165) is 46.9 Å². The lowest BCUT2D eigenvalue weighted by Crippen LogP contribution is -2.56. The van der Waals surface area contributed by atoms with E-state index < -0.39 is 6.30 Å². The summed E-state index contributed by atoms with van der Waals surface area (Å²) in [4.78, 5) is 22.3. The summed E-state index contributed by atoms with van der Waals surface area (Å²) >= 11 is 0. The van der Waals surface area contributed by atoms with Crippen LogP contribution in [0.25, 0.3) is 22.2 Å². The van der Waals surface area contributed by atoms with Gasteiger partial charge in [0, 0.05) is 17.4 Å². The number of fused-ring (bicyclic) bond motifs is 1.